The van der Waals surface area contributed by atoms with Crippen LogP contribution < -0.4 is 5.73 Å². The fraction of sp³-hybridized carbons (Fsp3) is 1.00. The van der Waals surface area contributed by atoms with Gasteiger partial charge < -0.3 is 15.6 Å². The summed E-state index contributed by atoms with van der Waals surface area (Å²) < 4.78 is 5.85. The number of hydrogen-bond donors (Lipinski definition) is 2. The van der Waals surface area contributed by atoms with Crippen LogP contribution in [-0.2, 0) is 4.74 Å². The summed E-state index contributed by atoms with van der Waals surface area (Å²) in [4.78, 5) is 0. The standard InChI is InChI=1S/C12H23NO2/c1-3-8(2)11(14)12(7-13)6-9-4-5-10(12)15-9/h8-11,14H,3-7,13H2,1-2H3. The molecule has 5 atom stereocenters. The van der Waals surface area contributed by atoms with Crippen LogP contribution in [0.3, 0.4) is 0 Å². The number of ether oxygens (including phenoxy) is 1. The van der Waals surface area contributed by atoms with E-state index in [1.807, 2.05) is 0 Å². The molecule has 2 aliphatic heterocycles. The number of aliphatic hydroxyl groups excluding tert-OH is 1. The highest BCUT2D eigenvalue weighted by Crippen LogP contribution is 2.50. The lowest BCUT2D eigenvalue weighted by Crippen LogP contribution is -2.51. The highest BCUT2D eigenvalue weighted by molar-refractivity contribution is 5.05. The molecule has 3 nitrogen and oxygen atoms in total. The molecular weight excluding hydrogens is 190 g/mol. The molecule has 2 heterocycles. The fourth-order valence-corrected chi connectivity index (χ4v) is 3.27. The summed E-state index contributed by atoms with van der Waals surface area (Å²) in [6, 6.07) is 0. The minimum Gasteiger partial charge on any atom is -0.392 e. The van der Waals surface area contributed by atoms with Gasteiger partial charge in [-0.1, -0.05) is 20.3 Å². The van der Waals surface area contributed by atoms with Crippen LogP contribution in [-0.4, -0.2) is 30.0 Å². The van der Waals surface area contributed by atoms with Gasteiger partial charge in [-0.05, 0) is 25.2 Å². The molecule has 2 fully saturated rings. The Bertz CT molecular complexity index is 234. The highest BCUT2D eigenvalue weighted by Gasteiger charge is 2.56. The average molecular weight is 213 g/mol. The largest absolute Gasteiger partial charge is 0.392 e. The molecule has 0 aliphatic carbocycles. The third-order valence-corrected chi connectivity index (χ3v) is 4.51. The van der Waals surface area contributed by atoms with Gasteiger partial charge >= 0.3 is 0 Å². The van der Waals surface area contributed by atoms with E-state index in [0.717, 1.165) is 25.7 Å². The first-order valence-electron chi connectivity index (χ1n) is 6.17. The quantitative estimate of drug-likeness (QED) is 0.740. The molecule has 3 N–H and O–H groups in total. The molecule has 0 aromatic rings. The van der Waals surface area contributed by atoms with Crippen LogP contribution in [0.4, 0.5) is 0 Å². The van der Waals surface area contributed by atoms with Crippen molar-refractivity contribution in [2.24, 2.45) is 17.1 Å². The zero-order valence-electron chi connectivity index (χ0n) is 9.78. The maximum absolute atomic E-state index is 10.4. The molecule has 15 heavy (non-hydrogen) atoms. The van der Waals surface area contributed by atoms with Crippen molar-refractivity contribution in [1.29, 1.82) is 0 Å². The predicted octanol–water partition coefficient (Wildman–Crippen LogP) is 1.29. The van der Waals surface area contributed by atoms with Crippen LogP contribution >= 0.6 is 0 Å². The Kier molecular flexibility index (Phi) is 3.06. The first-order chi connectivity index (χ1) is 7.14. The molecule has 5 unspecified atom stereocenters. The van der Waals surface area contributed by atoms with Crippen molar-refractivity contribution in [3.05, 3.63) is 0 Å². The molecule has 2 aliphatic rings. The highest BCUT2D eigenvalue weighted by atomic mass is 16.5. The van der Waals surface area contributed by atoms with E-state index in [1.165, 1.54) is 0 Å². The summed E-state index contributed by atoms with van der Waals surface area (Å²) in [5.41, 5.74) is 5.75. The second kappa shape index (κ2) is 4.04. The van der Waals surface area contributed by atoms with E-state index in [0.29, 0.717) is 18.6 Å². The maximum atomic E-state index is 10.4. The first kappa shape index (κ1) is 11.4. The van der Waals surface area contributed by atoms with Crippen molar-refractivity contribution in [3.8, 4) is 0 Å². The zero-order valence-corrected chi connectivity index (χ0v) is 9.78. The molecular formula is C12H23NO2. The lowest BCUT2D eigenvalue weighted by atomic mass is 9.66. The number of fused-ring (bicyclic) bond motifs is 2. The van der Waals surface area contributed by atoms with Gasteiger partial charge in [0, 0.05) is 12.0 Å². The summed E-state index contributed by atoms with van der Waals surface area (Å²) in [6.45, 7) is 4.78. The lowest BCUT2D eigenvalue weighted by molar-refractivity contribution is -0.0520. The zero-order chi connectivity index (χ0) is 11.1. The molecule has 3 heteroatoms. The van der Waals surface area contributed by atoms with Crippen molar-refractivity contribution >= 4 is 0 Å². The van der Waals surface area contributed by atoms with E-state index in [4.69, 9.17) is 10.5 Å². The average Bonchev–Trinajstić information content (AvgIpc) is 2.86. The SMILES string of the molecule is CCC(C)C(O)C1(CN)CC2CCC1O2. The van der Waals surface area contributed by atoms with Gasteiger partial charge in [-0.15, -0.1) is 0 Å². The molecule has 0 spiro atoms. The number of hydrogen-bond acceptors (Lipinski definition) is 3. The Balaban J connectivity index is 2.15. The molecule has 0 aromatic carbocycles. The van der Waals surface area contributed by atoms with Gasteiger partial charge in [-0.2, -0.15) is 0 Å². The van der Waals surface area contributed by atoms with Crippen molar-refractivity contribution in [2.45, 2.75) is 57.8 Å². The Hall–Kier alpha value is -0.120. The van der Waals surface area contributed by atoms with Crippen LogP contribution in [0, 0.1) is 11.3 Å². The second-order valence-electron chi connectivity index (χ2n) is 5.30. The van der Waals surface area contributed by atoms with E-state index in [-0.39, 0.29) is 17.6 Å². The molecule has 2 bridgehead atoms. The van der Waals surface area contributed by atoms with Gasteiger partial charge in [0.25, 0.3) is 0 Å². The van der Waals surface area contributed by atoms with Gasteiger partial charge in [-0.3, -0.25) is 0 Å². The topological polar surface area (TPSA) is 55.5 Å². The van der Waals surface area contributed by atoms with Crippen LogP contribution in [0.1, 0.15) is 39.5 Å². The third kappa shape index (κ3) is 1.61. The van der Waals surface area contributed by atoms with Crippen LogP contribution in [0.25, 0.3) is 0 Å². The van der Waals surface area contributed by atoms with Crippen molar-refractivity contribution < 1.29 is 9.84 Å². The number of aliphatic hydroxyl groups is 1. The smallest absolute Gasteiger partial charge is 0.0674 e. The third-order valence-electron chi connectivity index (χ3n) is 4.51. The molecule has 2 saturated heterocycles. The lowest BCUT2D eigenvalue weighted by Gasteiger charge is -2.41. The second-order valence-corrected chi connectivity index (χ2v) is 5.30. The normalized spacial score (nSPS) is 43.2. The van der Waals surface area contributed by atoms with E-state index in [9.17, 15) is 5.11 Å². The van der Waals surface area contributed by atoms with Gasteiger partial charge in [0.15, 0.2) is 0 Å². The number of nitrogens with two attached hydrogens (primary N) is 1. The van der Waals surface area contributed by atoms with Crippen molar-refractivity contribution in [2.75, 3.05) is 6.54 Å². The van der Waals surface area contributed by atoms with E-state index < -0.39 is 0 Å². The minimum absolute atomic E-state index is 0.154. The summed E-state index contributed by atoms with van der Waals surface area (Å²) in [5.74, 6) is 0.316. The van der Waals surface area contributed by atoms with Gasteiger partial charge in [0.2, 0.25) is 0 Å². The molecule has 0 amide bonds. The first-order valence-corrected chi connectivity index (χ1v) is 6.17. The van der Waals surface area contributed by atoms with Crippen molar-refractivity contribution in [1.82, 2.24) is 0 Å². The fourth-order valence-electron chi connectivity index (χ4n) is 3.27. The maximum Gasteiger partial charge on any atom is 0.0674 e. The molecule has 88 valence electrons. The molecule has 2 rings (SSSR count). The van der Waals surface area contributed by atoms with E-state index in [1.54, 1.807) is 0 Å². The summed E-state index contributed by atoms with van der Waals surface area (Å²) in [6.07, 6.45) is 4.45. The Morgan fingerprint density at radius 2 is 2.27 bits per heavy atom. The van der Waals surface area contributed by atoms with Crippen LogP contribution in [0.5, 0.6) is 0 Å². The van der Waals surface area contributed by atoms with Gasteiger partial charge in [0.05, 0.1) is 18.3 Å². The van der Waals surface area contributed by atoms with Gasteiger partial charge in [0.1, 0.15) is 0 Å². The summed E-state index contributed by atoms with van der Waals surface area (Å²) in [5, 5.41) is 10.4. The summed E-state index contributed by atoms with van der Waals surface area (Å²) >= 11 is 0. The van der Waals surface area contributed by atoms with E-state index >= 15 is 0 Å². The van der Waals surface area contributed by atoms with Crippen molar-refractivity contribution in [3.63, 3.8) is 0 Å². The monoisotopic (exact) mass is 213 g/mol. The van der Waals surface area contributed by atoms with E-state index in [2.05, 4.69) is 13.8 Å². The Morgan fingerprint density at radius 3 is 2.67 bits per heavy atom. The Labute approximate surface area is 92.0 Å². The Morgan fingerprint density at radius 1 is 1.53 bits per heavy atom. The molecule has 0 saturated carbocycles. The van der Waals surface area contributed by atoms with Gasteiger partial charge in [-0.25, -0.2) is 0 Å². The van der Waals surface area contributed by atoms with Crippen LogP contribution in [0.15, 0.2) is 0 Å². The molecule has 0 radical (unpaired) electrons. The predicted molar refractivity (Wildman–Crippen MR) is 59.5 cm³/mol. The number of rotatable bonds is 4. The summed E-state index contributed by atoms with van der Waals surface area (Å²) in [7, 11) is 0. The molecule has 0 aromatic heterocycles. The van der Waals surface area contributed by atoms with Crippen LogP contribution in [0.2, 0.25) is 0 Å². The minimum atomic E-state index is -0.303.